The average Bonchev–Trinajstić information content (AvgIpc) is 3.52. The van der Waals surface area contributed by atoms with Crippen LogP contribution in [0, 0.1) is 5.92 Å². The Labute approximate surface area is 236 Å². The Morgan fingerprint density at radius 3 is 2.29 bits per heavy atom. The number of halogens is 3. The number of carbonyl (C=O) groups is 4. The maximum Gasteiger partial charge on any atom is 0.490 e. The maximum absolute atomic E-state index is 13.4. The van der Waals surface area contributed by atoms with Crippen molar-refractivity contribution in [3.63, 3.8) is 0 Å². The minimum absolute atomic E-state index is 0.0222. The summed E-state index contributed by atoms with van der Waals surface area (Å²) >= 11 is 0. The highest BCUT2D eigenvalue weighted by atomic mass is 19.4. The van der Waals surface area contributed by atoms with Gasteiger partial charge in [0.05, 0.1) is 12.6 Å². The van der Waals surface area contributed by atoms with E-state index in [0.717, 1.165) is 50.6 Å². The Balaban J connectivity index is 0.000000587. The van der Waals surface area contributed by atoms with Crippen LogP contribution in [-0.2, 0) is 38.6 Å². The number of carbonyl (C=O) groups excluding carboxylic acids is 2. The number of hydrogen-bond donors (Lipinski definition) is 3. The van der Waals surface area contributed by atoms with E-state index in [1.807, 2.05) is 13.8 Å². The zero-order valence-corrected chi connectivity index (χ0v) is 23.3. The fourth-order valence-electron chi connectivity index (χ4n) is 5.45. The van der Waals surface area contributed by atoms with Crippen LogP contribution in [0.2, 0.25) is 0 Å². The normalized spacial score (nSPS) is 24.1. The minimum atomic E-state index is -5.08. The van der Waals surface area contributed by atoms with E-state index >= 15 is 0 Å². The number of hydrogen-bond acceptors (Lipinski definition) is 6. The fraction of sp³-hybridized carbons (Fsp3) is 0.643. The molecular weight excluding hydrogens is 547 g/mol. The Hall–Kier alpha value is -3.35. The van der Waals surface area contributed by atoms with Crippen LogP contribution in [0.5, 0.6) is 0 Å². The van der Waals surface area contributed by atoms with Crippen molar-refractivity contribution in [1.29, 1.82) is 0 Å². The van der Waals surface area contributed by atoms with Gasteiger partial charge in [-0.1, -0.05) is 51.3 Å². The molecule has 1 saturated heterocycles. The van der Waals surface area contributed by atoms with E-state index in [0.29, 0.717) is 13.1 Å². The molecule has 3 atom stereocenters. The lowest BCUT2D eigenvalue weighted by Gasteiger charge is -2.29. The first kappa shape index (κ1) is 32.2. The van der Waals surface area contributed by atoms with Crippen LogP contribution in [0.4, 0.5) is 18.0 Å². The number of ether oxygens (including phenoxy) is 1. The molecule has 2 amide bonds. The van der Waals surface area contributed by atoms with Crippen molar-refractivity contribution in [2.45, 2.75) is 96.2 Å². The molecule has 0 spiro atoms. The molecule has 0 aliphatic carbocycles. The largest absolute Gasteiger partial charge is 0.490 e. The molecule has 13 heteroatoms. The Kier molecular flexibility index (Phi) is 11.0. The number of nitrogens with one attached hydrogen (secondary N) is 1. The molecule has 10 nitrogen and oxygen atoms in total. The van der Waals surface area contributed by atoms with Gasteiger partial charge in [0.2, 0.25) is 5.91 Å². The van der Waals surface area contributed by atoms with Crippen molar-refractivity contribution in [1.82, 2.24) is 15.1 Å². The average molecular weight is 586 g/mol. The van der Waals surface area contributed by atoms with Gasteiger partial charge in [-0.15, -0.1) is 0 Å². The van der Waals surface area contributed by atoms with Crippen LogP contribution < -0.4 is 5.32 Å². The second-order valence-electron chi connectivity index (χ2n) is 11.0. The van der Waals surface area contributed by atoms with Crippen molar-refractivity contribution < 1.29 is 47.3 Å². The van der Waals surface area contributed by atoms with Crippen LogP contribution in [0.25, 0.3) is 0 Å². The summed E-state index contributed by atoms with van der Waals surface area (Å²) in [4.78, 5) is 50.3. The Bertz CT molecular complexity index is 1110. The van der Waals surface area contributed by atoms with Crippen molar-refractivity contribution >= 4 is 23.9 Å². The van der Waals surface area contributed by atoms with Gasteiger partial charge in [-0.3, -0.25) is 9.69 Å². The second kappa shape index (κ2) is 14.0. The molecule has 228 valence electrons. The number of aryl methyl sites for hydroxylation is 1. The number of aliphatic carboxylic acids is 2. The highest BCUT2D eigenvalue weighted by Gasteiger charge is 2.44. The summed E-state index contributed by atoms with van der Waals surface area (Å²) in [6.45, 7) is 5.78. The predicted molar refractivity (Wildman–Crippen MR) is 141 cm³/mol. The minimum Gasteiger partial charge on any atom is -0.480 e. The highest BCUT2D eigenvalue weighted by molar-refractivity contribution is 5.88. The summed E-state index contributed by atoms with van der Waals surface area (Å²) in [6.07, 6.45) is 0.456. The lowest BCUT2D eigenvalue weighted by atomic mass is 9.98. The van der Waals surface area contributed by atoms with Gasteiger partial charge in [-0.05, 0) is 48.4 Å². The van der Waals surface area contributed by atoms with Crippen molar-refractivity contribution in [2.24, 2.45) is 5.92 Å². The van der Waals surface area contributed by atoms with Crippen molar-refractivity contribution in [3.05, 3.63) is 34.9 Å². The number of fused-ring (bicyclic) bond motifs is 3. The molecule has 0 aromatic heterocycles. The third kappa shape index (κ3) is 8.57. The Morgan fingerprint density at radius 2 is 1.66 bits per heavy atom. The summed E-state index contributed by atoms with van der Waals surface area (Å²) in [6, 6.07) is 4.84. The molecule has 1 aromatic carbocycles. The number of benzene rings is 1. The van der Waals surface area contributed by atoms with E-state index in [2.05, 4.69) is 23.5 Å². The standard InChI is InChI=1S/C26H37N3O5.C2HF3O2/c1-17(2)23-24(30)29-15-20(13-22(29)25(31)32)34-26(33)28-14-19-11-8-10-18(21(19)16-28)9-6-4-3-5-7-12-27-23;3-2(4,5)1(6)7/h8,10-11,17,20,22-23,27H,3-7,9,12-16H2,1-2H3,(H,31,32);(H,6,7)/t20-,22+,23+;/m1./s1. The predicted octanol–water partition coefficient (Wildman–Crippen LogP) is 3.95. The molecule has 4 bridgehead atoms. The maximum atomic E-state index is 13.4. The molecule has 3 aliphatic heterocycles. The monoisotopic (exact) mass is 585 g/mol. The molecule has 3 heterocycles. The fourth-order valence-corrected chi connectivity index (χ4v) is 5.45. The van der Waals surface area contributed by atoms with E-state index in [-0.39, 0.29) is 24.8 Å². The van der Waals surface area contributed by atoms with Gasteiger partial charge in [-0.2, -0.15) is 13.2 Å². The van der Waals surface area contributed by atoms with E-state index in [1.54, 1.807) is 4.90 Å². The summed E-state index contributed by atoms with van der Waals surface area (Å²) in [5.41, 5.74) is 3.67. The van der Waals surface area contributed by atoms with E-state index in [9.17, 15) is 32.7 Å². The van der Waals surface area contributed by atoms with Gasteiger partial charge in [0.25, 0.3) is 0 Å². The number of carboxylic acids is 2. The summed E-state index contributed by atoms with van der Waals surface area (Å²) in [5.74, 6) is -4.02. The third-order valence-electron chi connectivity index (χ3n) is 7.60. The molecule has 41 heavy (non-hydrogen) atoms. The van der Waals surface area contributed by atoms with E-state index < -0.39 is 42.4 Å². The van der Waals surface area contributed by atoms with Gasteiger partial charge < -0.3 is 25.2 Å². The molecule has 3 aliphatic rings. The zero-order chi connectivity index (χ0) is 30.3. The molecule has 4 rings (SSSR count). The van der Waals surface area contributed by atoms with Gasteiger partial charge in [0.1, 0.15) is 12.1 Å². The van der Waals surface area contributed by atoms with E-state index in [4.69, 9.17) is 14.6 Å². The smallest absolute Gasteiger partial charge is 0.480 e. The molecule has 1 fully saturated rings. The first-order chi connectivity index (χ1) is 19.3. The third-order valence-corrected chi connectivity index (χ3v) is 7.60. The van der Waals surface area contributed by atoms with E-state index in [1.165, 1.54) is 16.0 Å². The molecule has 0 unspecified atom stereocenters. The first-order valence-electron chi connectivity index (χ1n) is 13.9. The van der Waals surface area contributed by atoms with Crippen LogP contribution in [0.1, 0.15) is 69.1 Å². The van der Waals surface area contributed by atoms with Gasteiger partial charge in [-0.25, -0.2) is 14.4 Å². The second-order valence-corrected chi connectivity index (χ2v) is 11.0. The summed E-state index contributed by atoms with van der Waals surface area (Å²) in [5, 5.41) is 20.3. The number of nitrogens with zero attached hydrogens (tertiary/aromatic N) is 2. The Morgan fingerprint density at radius 1 is 1.02 bits per heavy atom. The SMILES string of the molecule is CC(C)[C@@H]1NCCCCCCCc2cccc3c2CN(C3)C(=O)O[C@@H]2C[C@@H](C(=O)O)N(C2)C1=O.O=C(O)C(F)(F)F. The quantitative estimate of drug-likeness (QED) is 0.475. The summed E-state index contributed by atoms with van der Waals surface area (Å²) < 4.78 is 37.5. The number of carboxylic acid groups (broad SMARTS) is 2. The lowest BCUT2D eigenvalue weighted by molar-refractivity contribution is -0.192. The topological polar surface area (TPSA) is 136 Å². The summed E-state index contributed by atoms with van der Waals surface area (Å²) in [7, 11) is 0. The highest BCUT2D eigenvalue weighted by Crippen LogP contribution is 2.30. The van der Waals surface area contributed by atoms with Crippen LogP contribution in [0.15, 0.2) is 18.2 Å². The van der Waals surface area contributed by atoms with Crippen molar-refractivity contribution in [3.8, 4) is 0 Å². The van der Waals surface area contributed by atoms with Gasteiger partial charge >= 0.3 is 24.2 Å². The molecule has 3 N–H and O–H groups in total. The first-order valence-corrected chi connectivity index (χ1v) is 13.9. The molecule has 0 saturated carbocycles. The molecular formula is C28H38F3N3O7. The number of amides is 2. The number of rotatable bonds is 2. The lowest BCUT2D eigenvalue weighted by Crippen LogP contribution is -2.52. The van der Waals surface area contributed by atoms with Gasteiger partial charge in [0.15, 0.2) is 0 Å². The van der Waals surface area contributed by atoms with Crippen LogP contribution in [-0.4, -0.2) is 81.4 Å². The van der Waals surface area contributed by atoms with Crippen LogP contribution >= 0.6 is 0 Å². The van der Waals surface area contributed by atoms with Crippen molar-refractivity contribution in [2.75, 3.05) is 13.1 Å². The zero-order valence-electron chi connectivity index (χ0n) is 23.3. The molecule has 0 radical (unpaired) electrons. The van der Waals surface area contributed by atoms with Crippen LogP contribution in [0.3, 0.4) is 0 Å². The number of alkyl halides is 3. The molecule has 1 aromatic rings. The van der Waals surface area contributed by atoms with Gasteiger partial charge in [0, 0.05) is 19.5 Å².